The highest BCUT2D eigenvalue weighted by Gasteiger charge is 2.39. The van der Waals surface area contributed by atoms with Gasteiger partial charge in [0.1, 0.15) is 0 Å². The van der Waals surface area contributed by atoms with Crippen LogP contribution in [0.2, 0.25) is 0 Å². The first-order valence-corrected chi connectivity index (χ1v) is 4.06. The van der Waals surface area contributed by atoms with Crippen LogP contribution in [0.25, 0.3) is 0 Å². The van der Waals surface area contributed by atoms with E-state index in [1.54, 1.807) is 0 Å². The third-order valence-electron chi connectivity index (χ3n) is 2.30. The molecule has 0 atom stereocenters. The van der Waals surface area contributed by atoms with Crippen LogP contribution in [0, 0.1) is 5.41 Å². The number of rotatable bonds is 3. The average molecular weight is 163 g/mol. The van der Waals surface area contributed by atoms with Crippen LogP contribution in [-0.2, 0) is 0 Å². The van der Waals surface area contributed by atoms with Crippen molar-refractivity contribution in [2.24, 2.45) is 5.41 Å². The molecule has 0 aromatic carbocycles. The molecule has 1 aliphatic heterocycles. The molecular weight excluding hydrogens is 148 g/mol. The van der Waals surface area contributed by atoms with E-state index < -0.39 is 6.43 Å². The molecule has 1 rings (SSSR count). The SMILES string of the molecule is CCN1CC(C)(CC(F)F)C1. The summed E-state index contributed by atoms with van der Waals surface area (Å²) in [5, 5.41) is 0. The molecule has 0 radical (unpaired) electrons. The maximum Gasteiger partial charge on any atom is 0.239 e. The average Bonchev–Trinajstić information content (AvgIpc) is 1.80. The minimum Gasteiger partial charge on any atom is -0.302 e. The van der Waals surface area contributed by atoms with E-state index in [9.17, 15) is 8.78 Å². The molecule has 0 bridgehead atoms. The van der Waals surface area contributed by atoms with Crippen molar-refractivity contribution in [3.8, 4) is 0 Å². The first kappa shape index (κ1) is 8.91. The lowest BCUT2D eigenvalue weighted by molar-refractivity contribution is -0.0299. The minimum absolute atomic E-state index is 0.0590. The molecule has 1 saturated heterocycles. The standard InChI is InChI=1S/C8H15F2N/c1-3-11-5-8(2,6-11)4-7(9)10/h7H,3-6H2,1-2H3. The Labute approximate surface area is 66.4 Å². The van der Waals surface area contributed by atoms with E-state index in [2.05, 4.69) is 11.8 Å². The summed E-state index contributed by atoms with van der Waals surface area (Å²) in [6.45, 7) is 6.66. The van der Waals surface area contributed by atoms with Gasteiger partial charge in [0.15, 0.2) is 0 Å². The predicted molar refractivity (Wildman–Crippen MR) is 40.8 cm³/mol. The molecule has 0 aromatic rings. The number of hydrogen-bond donors (Lipinski definition) is 0. The lowest BCUT2D eigenvalue weighted by atomic mass is 9.79. The summed E-state index contributed by atoms with van der Waals surface area (Å²) >= 11 is 0. The van der Waals surface area contributed by atoms with Gasteiger partial charge in [-0.25, -0.2) is 8.78 Å². The molecule has 1 fully saturated rings. The van der Waals surface area contributed by atoms with Gasteiger partial charge >= 0.3 is 0 Å². The van der Waals surface area contributed by atoms with Crippen molar-refractivity contribution in [2.45, 2.75) is 26.7 Å². The summed E-state index contributed by atoms with van der Waals surface area (Å²) in [5.74, 6) is 0. The molecular formula is C8H15F2N. The number of likely N-dealkylation sites (tertiary alicyclic amines) is 1. The van der Waals surface area contributed by atoms with Gasteiger partial charge in [-0.3, -0.25) is 0 Å². The van der Waals surface area contributed by atoms with Gasteiger partial charge in [-0.05, 0) is 12.0 Å². The van der Waals surface area contributed by atoms with Crippen LogP contribution >= 0.6 is 0 Å². The normalized spacial score (nSPS) is 23.7. The summed E-state index contributed by atoms with van der Waals surface area (Å²) in [6.07, 6.45) is -2.08. The number of hydrogen-bond acceptors (Lipinski definition) is 1. The second-order valence-electron chi connectivity index (χ2n) is 3.71. The topological polar surface area (TPSA) is 3.24 Å². The second-order valence-corrected chi connectivity index (χ2v) is 3.71. The van der Waals surface area contributed by atoms with Gasteiger partial charge in [0, 0.05) is 19.5 Å². The maximum absolute atomic E-state index is 12.0. The lowest BCUT2D eigenvalue weighted by Crippen LogP contribution is -2.54. The summed E-state index contributed by atoms with van der Waals surface area (Å²) in [4.78, 5) is 2.18. The monoisotopic (exact) mass is 163 g/mol. The fourth-order valence-electron chi connectivity index (χ4n) is 1.76. The van der Waals surface area contributed by atoms with E-state index in [0.717, 1.165) is 19.6 Å². The highest BCUT2D eigenvalue weighted by Crippen LogP contribution is 2.34. The molecule has 0 aliphatic carbocycles. The summed E-state index contributed by atoms with van der Waals surface area (Å²) in [7, 11) is 0. The molecule has 0 aromatic heterocycles. The highest BCUT2D eigenvalue weighted by atomic mass is 19.3. The molecule has 66 valence electrons. The van der Waals surface area contributed by atoms with Crippen LogP contribution in [0.1, 0.15) is 20.3 Å². The van der Waals surface area contributed by atoms with Crippen molar-refractivity contribution in [2.75, 3.05) is 19.6 Å². The first-order valence-electron chi connectivity index (χ1n) is 4.06. The fourth-order valence-corrected chi connectivity index (χ4v) is 1.76. The molecule has 0 amide bonds. The summed E-state index contributed by atoms with van der Waals surface area (Å²) in [5.41, 5.74) is -0.107. The Bertz CT molecular complexity index is 130. The molecule has 0 N–H and O–H groups in total. The fraction of sp³-hybridized carbons (Fsp3) is 1.00. The maximum atomic E-state index is 12.0. The zero-order valence-corrected chi connectivity index (χ0v) is 7.11. The van der Waals surface area contributed by atoms with Crippen molar-refractivity contribution in [3.63, 3.8) is 0 Å². The Hall–Kier alpha value is -0.180. The predicted octanol–water partition coefficient (Wildman–Crippen LogP) is 1.98. The van der Waals surface area contributed by atoms with E-state index in [0.29, 0.717) is 0 Å². The second kappa shape index (κ2) is 3.05. The van der Waals surface area contributed by atoms with E-state index in [-0.39, 0.29) is 11.8 Å². The molecule has 0 saturated carbocycles. The van der Waals surface area contributed by atoms with Crippen molar-refractivity contribution >= 4 is 0 Å². The van der Waals surface area contributed by atoms with Crippen molar-refractivity contribution < 1.29 is 8.78 Å². The Kier molecular flexibility index (Phi) is 2.47. The van der Waals surface area contributed by atoms with Gasteiger partial charge < -0.3 is 4.90 Å². The van der Waals surface area contributed by atoms with Crippen LogP contribution in [0.15, 0.2) is 0 Å². The molecule has 11 heavy (non-hydrogen) atoms. The van der Waals surface area contributed by atoms with Crippen molar-refractivity contribution in [1.29, 1.82) is 0 Å². The number of nitrogens with zero attached hydrogens (tertiary/aromatic N) is 1. The molecule has 1 heterocycles. The Morgan fingerprint density at radius 3 is 2.36 bits per heavy atom. The number of alkyl halides is 2. The van der Waals surface area contributed by atoms with Gasteiger partial charge in [0.25, 0.3) is 0 Å². The molecule has 0 spiro atoms. The molecule has 3 heteroatoms. The minimum atomic E-state index is -2.14. The Morgan fingerprint density at radius 1 is 1.45 bits per heavy atom. The van der Waals surface area contributed by atoms with E-state index in [1.165, 1.54) is 0 Å². The van der Waals surface area contributed by atoms with E-state index in [4.69, 9.17) is 0 Å². The highest BCUT2D eigenvalue weighted by molar-refractivity contribution is 4.90. The van der Waals surface area contributed by atoms with Gasteiger partial charge in [0.2, 0.25) is 6.43 Å². The summed E-state index contributed by atoms with van der Waals surface area (Å²) < 4.78 is 23.9. The van der Waals surface area contributed by atoms with Crippen LogP contribution in [0.3, 0.4) is 0 Å². The Morgan fingerprint density at radius 2 is 2.00 bits per heavy atom. The van der Waals surface area contributed by atoms with Gasteiger partial charge in [-0.15, -0.1) is 0 Å². The van der Waals surface area contributed by atoms with E-state index >= 15 is 0 Å². The third-order valence-corrected chi connectivity index (χ3v) is 2.30. The first-order chi connectivity index (χ1) is 5.06. The molecule has 1 nitrogen and oxygen atoms in total. The van der Waals surface area contributed by atoms with Crippen LogP contribution in [-0.4, -0.2) is 31.0 Å². The van der Waals surface area contributed by atoms with Crippen LogP contribution in [0.5, 0.6) is 0 Å². The lowest BCUT2D eigenvalue weighted by Gasteiger charge is -2.47. The zero-order chi connectivity index (χ0) is 8.48. The smallest absolute Gasteiger partial charge is 0.239 e. The van der Waals surface area contributed by atoms with E-state index in [1.807, 2.05) is 6.92 Å². The van der Waals surface area contributed by atoms with Gasteiger partial charge in [-0.1, -0.05) is 13.8 Å². The van der Waals surface area contributed by atoms with Crippen molar-refractivity contribution in [1.82, 2.24) is 4.90 Å². The largest absolute Gasteiger partial charge is 0.302 e. The van der Waals surface area contributed by atoms with Gasteiger partial charge in [0.05, 0.1) is 0 Å². The third kappa shape index (κ3) is 2.12. The van der Waals surface area contributed by atoms with Gasteiger partial charge in [-0.2, -0.15) is 0 Å². The number of halogens is 2. The van der Waals surface area contributed by atoms with Crippen LogP contribution < -0.4 is 0 Å². The Balaban J connectivity index is 2.25. The van der Waals surface area contributed by atoms with Crippen molar-refractivity contribution in [3.05, 3.63) is 0 Å². The van der Waals surface area contributed by atoms with Crippen LogP contribution in [0.4, 0.5) is 8.78 Å². The quantitative estimate of drug-likeness (QED) is 0.615. The molecule has 1 aliphatic rings. The summed E-state index contributed by atoms with van der Waals surface area (Å²) in [6, 6.07) is 0. The molecule has 0 unspecified atom stereocenters. The zero-order valence-electron chi connectivity index (χ0n) is 7.11.